The Morgan fingerprint density at radius 3 is 2.35 bits per heavy atom. The third-order valence-electron chi connectivity index (χ3n) is 3.08. The van der Waals surface area contributed by atoms with Crippen molar-refractivity contribution < 1.29 is 9.59 Å². The summed E-state index contributed by atoms with van der Waals surface area (Å²) in [6, 6.07) is 4.49. The van der Waals surface area contributed by atoms with Gasteiger partial charge in [-0.15, -0.1) is 24.8 Å². The molecule has 0 radical (unpaired) electrons. The van der Waals surface area contributed by atoms with E-state index < -0.39 is 11.9 Å². The molecule has 0 aliphatic heterocycles. The first-order valence-corrected chi connectivity index (χ1v) is 6.99. The van der Waals surface area contributed by atoms with E-state index in [2.05, 4.69) is 5.32 Å². The number of carbonyl (C=O) groups excluding carboxylic acids is 2. The van der Waals surface area contributed by atoms with Crippen LogP contribution in [0, 0.1) is 0 Å². The van der Waals surface area contributed by atoms with E-state index in [0.29, 0.717) is 24.2 Å². The molecule has 1 aromatic rings. The van der Waals surface area contributed by atoms with Gasteiger partial charge in [0.05, 0.1) is 6.04 Å². The van der Waals surface area contributed by atoms with Gasteiger partial charge in [0.1, 0.15) is 0 Å². The summed E-state index contributed by atoms with van der Waals surface area (Å²) in [6.45, 7) is 2.61. The predicted molar refractivity (Wildman–Crippen MR) is 98.4 cm³/mol. The van der Waals surface area contributed by atoms with Crippen molar-refractivity contribution in [1.29, 1.82) is 0 Å². The quantitative estimate of drug-likeness (QED) is 0.685. The number of nitrogens with zero attached hydrogens (tertiary/aromatic N) is 1. The molecule has 1 atom stereocenters. The normalized spacial score (nSPS) is 11.2. The van der Waals surface area contributed by atoms with E-state index in [1.807, 2.05) is 25.9 Å². The lowest BCUT2D eigenvalue weighted by molar-refractivity contribution is -0.117. The fourth-order valence-corrected chi connectivity index (χ4v) is 1.99. The molecular weight excluding hydrogens is 339 g/mol. The second kappa shape index (κ2) is 11.2. The number of halogens is 2. The Hall–Kier alpha value is -1.34. The van der Waals surface area contributed by atoms with Crippen LogP contribution in [0.25, 0.3) is 0 Å². The highest BCUT2D eigenvalue weighted by Crippen LogP contribution is 2.19. The summed E-state index contributed by atoms with van der Waals surface area (Å²) >= 11 is 0. The number of amides is 2. The molecule has 1 rings (SSSR count). The summed E-state index contributed by atoms with van der Waals surface area (Å²) in [5.74, 6) is -0.779. The zero-order valence-corrected chi connectivity index (χ0v) is 15.3. The largest absolute Gasteiger partial charge is 0.366 e. The minimum atomic E-state index is -0.556. The van der Waals surface area contributed by atoms with Crippen molar-refractivity contribution in [2.45, 2.75) is 32.4 Å². The fraction of sp³-hybridized carbons (Fsp3) is 0.467. The molecule has 0 bridgehead atoms. The Labute approximate surface area is 149 Å². The van der Waals surface area contributed by atoms with Gasteiger partial charge in [0.15, 0.2) is 0 Å². The number of nitrogens with two attached hydrogens (primary N) is 2. The highest BCUT2D eigenvalue weighted by molar-refractivity contribution is 5.98. The highest BCUT2D eigenvalue weighted by Gasteiger charge is 2.15. The highest BCUT2D eigenvalue weighted by atomic mass is 35.5. The van der Waals surface area contributed by atoms with Crippen LogP contribution in [-0.4, -0.2) is 36.9 Å². The molecule has 0 saturated heterocycles. The van der Waals surface area contributed by atoms with E-state index in [4.69, 9.17) is 11.5 Å². The average Bonchev–Trinajstić information content (AvgIpc) is 2.40. The lowest BCUT2D eigenvalue weighted by atomic mass is 10.1. The topological polar surface area (TPSA) is 101 Å². The third kappa shape index (κ3) is 7.65. The van der Waals surface area contributed by atoms with E-state index >= 15 is 0 Å². The second-order valence-corrected chi connectivity index (χ2v) is 5.36. The smallest absolute Gasteiger partial charge is 0.248 e. The molecule has 1 aromatic carbocycles. The van der Waals surface area contributed by atoms with Crippen molar-refractivity contribution in [3.05, 3.63) is 29.3 Å². The second-order valence-electron chi connectivity index (χ2n) is 5.36. The van der Waals surface area contributed by atoms with Crippen LogP contribution in [0.15, 0.2) is 18.2 Å². The number of anilines is 1. The van der Waals surface area contributed by atoms with Crippen molar-refractivity contribution in [2.24, 2.45) is 11.5 Å². The molecular formula is C15H26Cl2N4O2. The van der Waals surface area contributed by atoms with Crippen molar-refractivity contribution >= 4 is 42.3 Å². The Morgan fingerprint density at radius 1 is 1.26 bits per heavy atom. The average molecular weight is 365 g/mol. The van der Waals surface area contributed by atoms with Crippen molar-refractivity contribution in [3.8, 4) is 0 Å². The van der Waals surface area contributed by atoms with Crippen LogP contribution >= 0.6 is 24.8 Å². The van der Waals surface area contributed by atoms with Crippen molar-refractivity contribution in [2.75, 3.05) is 19.4 Å². The van der Waals surface area contributed by atoms with E-state index in [1.165, 1.54) is 0 Å². The number of benzene rings is 1. The van der Waals surface area contributed by atoms with Crippen LogP contribution in [0.4, 0.5) is 5.69 Å². The minimum Gasteiger partial charge on any atom is -0.366 e. The molecule has 0 saturated carbocycles. The monoisotopic (exact) mass is 364 g/mol. The van der Waals surface area contributed by atoms with Gasteiger partial charge in [-0.25, -0.2) is 0 Å². The molecule has 5 N–H and O–H groups in total. The minimum absolute atomic E-state index is 0. The van der Waals surface area contributed by atoms with E-state index in [9.17, 15) is 9.59 Å². The number of hydrogen-bond donors (Lipinski definition) is 3. The summed E-state index contributed by atoms with van der Waals surface area (Å²) in [7, 11) is 3.85. The summed E-state index contributed by atoms with van der Waals surface area (Å²) in [4.78, 5) is 25.3. The molecule has 132 valence electrons. The Bertz CT molecular complexity index is 524. The molecule has 0 heterocycles. The summed E-state index contributed by atoms with van der Waals surface area (Å²) in [5, 5.41) is 2.80. The van der Waals surface area contributed by atoms with Crippen molar-refractivity contribution in [3.63, 3.8) is 0 Å². The van der Waals surface area contributed by atoms with Gasteiger partial charge in [0.2, 0.25) is 11.8 Å². The van der Waals surface area contributed by atoms with Gasteiger partial charge in [0, 0.05) is 17.8 Å². The van der Waals surface area contributed by atoms with Crippen LogP contribution in [0.3, 0.4) is 0 Å². The summed E-state index contributed by atoms with van der Waals surface area (Å²) < 4.78 is 0. The van der Waals surface area contributed by atoms with E-state index in [0.717, 1.165) is 12.0 Å². The summed E-state index contributed by atoms with van der Waals surface area (Å²) in [5.41, 5.74) is 12.9. The SMILES string of the molecule is CCCC(N)C(=O)Nc1cc(C(N)=O)ccc1CN(C)C.Cl.Cl. The van der Waals surface area contributed by atoms with Crippen LogP contribution in [0.5, 0.6) is 0 Å². The predicted octanol–water partition coefficient (Wildman–Crippen LogP) is 1.76. The molecule has 0 aliphatic rings. The molecule has 1 unspecified atom stereocenters. The molecule has 23 heavy (non-hydrogen) atoms. The molecule has 8 heteroatoms. The maximum Gasteiger partial charge on any atom is 0.248 e. The molecule has 0 aliphatic carbocycles. The lowest BCUT2D eigenvalue weighted by Crippen LogP contribution is -2.35. The number of nitrogens with one attached hydrogen (secondary N) is 1. The molecule has 0 spiro atoms. The number of primary amides is 1. The van der Waals surface area contributed by atoms with Crippen LogP contribution in [-0.2, 0) is 11.3 Å². The Morgan fingerprint density at radius 2 is 1.87 bits per heavy atom. The van der Waals surface area contributed by atoms with Crippen LogP contribution in [0.1, 0.15) is 35.7 Å². The maximum atomic E-state index is 12.1. The van der Waals surface area contributed by atoms with Gasteiger partial charge in [0.25, 0.3) is 0 Å². The van der Waals surface area contributed by atoms with Gasteiger partial charge in [-0.2, -0.15) is 0 Å². The first kappa shape index (κ1) is 23.9. The Kier molecular flexibility index (Phi) is 11.7. The first-order valence-electron chi connectivity index (χ1n) is 6.99. The number of hydrogen-bond acceptors (Lipinski definition) is 4. The zero-order valence-electron chi connectivity index (χ0n) is 13.7. The van der Waals surface area contributed by atoms with Gasteiger partial charge < -0.3 is 21.7 Å². The molecule has 6 nitrogen and oxygen atoms in total. The van der Waals surface area contributed by atoms with Gasteiger partial charge in [-0.3, -0.25) is 9.59 Å². The van der Waals surface area contributed by atoms with Crippen molar-refractivity contribution in [1.82, 2.24) is 4.90 Å². The van der Waals surface area contributed by atoms with E-state index in [1.54, 1.807) is 18.2 Å². The van der Waals surface area contributed by atoms with Crippen LogP contribution in [0.2, 0.25) is 0 Å². The molecule has 2 amide bonds. The number of carbonyl (C=O) groups is 2. The molecule has 0 fully saturated rings. The standard InChI is InChI=1S/C15H24N4O2.2ClH/c1-4-5-12(16)15(21)18-13-8-10(14(17)20)6-7-11(13)9-19(2)3;;/h6-8,12H,4-5,9,16H2,1-3H3,(H2,17,20)(H,18,21);2*1H. The Balaban J connectivity index is 0. The van der Waals surface area contributed by atoms with Gasteiger partial charge in [-0.1, -0.05) is 19.4 Å². The summed E-state index contributed by atoms with van der Waals surface area (Å²) in [6.07, 6.45) is 1.45. The van der Waals surface area contributed by atoms with E-state index in [-0.39, 0.29) is 30.7 Å². The van der Waals surface area contributed by atoms with Crippen LogP contribution < -0.4 is 16.8 Å². The first-order chi connectivity index (χ1) is 9.85. The van der Waals surface area contributed by atoms with Gasteiger partial charge in [-0.05, 0) is 38.2 Å². The fourth-order valence-electron chi connectivity index (χ4n) is 1.99. The maximum absolute atomic E-state index is 12.1. The zero-order chi connectivity index (χ0) is 16.0. The number of rotatable bonds is 7. The lowest BCUT2D eigenvalue weighted by Gasteiger charge is -2.17. The third-order valence-corrected chi connectivity index (χ3v) is 3.08. The molecule has 0 aromatic heterocycles. The van der Waals surface area contributed by atoms with Gasteiger partial charge >= 0.3 is 0 Å².